The number of ketones is 1. The van der Waals surface area contributed by atoms with E-state index < -0.39 is 0 Å². The molecule has 0 aromatic heterocycles. The van der Waals surface area contributed by atoms with Crippen LogP contribution in [0.3, 0.4) is 0 Å². The zero-order chi connectivity index (χ0) is 22.3. The van der Waals surface area contributed by atoms with Crippen LogP contribution in [0.2, 0.25) is 0 Å². The summed E-state index contributed by atoms with van der Waals surface area (Å²) in [5.74, 6) is -0.348. The lowest BCUT2D eigenvalue weighted by Crippen LogP contribution is -2.43. The predicted octanol–water partition coefficient (Wildman–Crippen LogP) is 5.91. The average molecular weight is 397 g/mol. The summed E-state index contributed by atoms with van der Waals surface area (Å²) in [6, 6.07) is 5.80. The molecule has 1 aliphatic rings. The summed E-state index contributed by atoms with van der Waals surface area (Å²) in [6.07, 6.45) is 2.25. The van der Waals surface area contributed by atoms with Gasteiger partial charge in [-0.1, -0.05) is 53.7 Å². The van der Waals surface area contributed by atoms with Gasteiger partial charge in [-0.3, -0.25) is 4.79 Å². The molecule has 1 aliphatic heterocycles. The monoisotopic (exact) mass is 396 g/mol. The Bertz CT molecular complexity index is 523. The Balaban J connectivity index is 0. The van der Waals surface area contributed by atoms with Gasteiger partial charge in [0.15, 0.2) is 0 Å². The van der Waals surface area contributed by atoms with E-state index in [0.29, 0.717) is 18.2 Å². The molecule has 1 aromatic rings. The highest BCUT2D eigenvalue weighted by atomic mass is 19.1. The molecule has 1 unspecified atom stereocenters. The van der Waals surface area contributed by atoms with Crippen molar-refractivity contribution in [2.24, 2.45) is 0 Å². The molecule has 1 fully saturated rings. The summed E-state index contributed by atoms with van der Waals surface area (Å²) in [6.45, 7) is 18.0. The maximum atomic E-state index is 13.8. The number of aryl methyl sites for hydroxylation is 1. The number of hydrogen-bond donors (Lipinski definition) is 0. The van der Waals surface area contributed by atoms with E-state index in [1.165, 1.54) is 6.07 Å². The number of carbonyl (C=O) groups is 1. The molecule has 0 aliphatic carbocycles. The zero-order valence-electron chi connectivity index (χ0n) is 20.1. The molecule has 0 N–H and O–H groups in total. The molecule has 4 heteroatoms. The molecule has 1 atom stereocenters. The second kappa shape index (κ2) is 16.7. The Hall–Kier alpha value is -1.26. The summed E-state index contributed by atoms with van der Waals surface area (Å²) in [5.41, 5.74) is 1.42. The van der Waals surface area contributed by atoms with Crippen LogP contribution >= 0.6 is 0 Å². The summed E-state index contributed by atoms with van der Waals surface area (Å²) in [5, 5.41) is 0. The number of rotatable bonds is 5. The van der Waals surface area contributed by atoms with E-state index in [2.05, 4.69) is 23.9 Å². The number of nitrogens with zero attached hydrogens (tertiary/aromatic N) is 2. The molecule has 0 amide bonds. The summed E-state index contributed by atoms with van der Waals surface area (Å²) >= 11 is 0. The number of likely N-dealkylation sites (tertiary alicyclic amines) is 1. The summed E-state index contributed by atoms with van der Waals surface area (Å²) in [7, 11) is 4.24. The summed E-state index contributed by atoms with van der Waals surface area (Å²) in [4.78, 5) is 16.6. The third-order valence-corrected chi connectivity index (χ3v) is 4.82. The lowest BCUT2D eigenvalue weighted by molar-refractivity contribution is -0.119. The van der Waals surface area contributed by atoms with E-state index in [0.717, 1.165) is 31.5 Å². The van der Waals surface area contributed by atoms with Gasteiger partial charge in [0.1, 0.15) is 11.6 Å². The van der Waals surface area contributed by atoms with Crippen molar-refractivity contribution < 1.29 is 9.18 Å². The molecule has 0 bridgehead atoms. The SMILES string of the molecule is CC.CC.CC.CC(=O)C(CN1CCC(N(C)C)CC1)c1ccc(C)c(F)c1. The lowest BCUT2D eigenvalue weighted by atomic mass is 9.92. The normalized spacial score (nSPS) is 15.3. The minimum absolute atomic E-state index is 0.109. The first-order chi connectivity index (χ1) is 13.4. The Labute approximate surface area is 174 Å². The van der Waals surface area contributed by atoms with Crippen molar-refractivity contribution in [1.29, 1.82) is 0 Å². The first-order valence-electron chi connectivity index (χ1n) is 11.0. The fourth-order valence-corrected chi connectivity index (χ4v) is 3.17. The van der Waals surface area contributed by atoms with Gasteiger partial charge in [-0.2, -0.15) is 0 Å². The van der Waals surface area contributed by atoms with Crippen molar-refractivity contribution in [3.63, 3.8) is 0 Å². The molecule has 1 heterocycles. The lowest BCUT2D eigenvalue weighted by Gasteiger charge is -2.36. The highest BCUT2D eigenvalue weighted by Crippen LogP contribution is 2.23. The number of piperidine rings is 1. The van der Waals surface area contributed by atoms with E-state index in [1.807, 2.05) is 47.6 Å². The molecule has 2 rings (SSSR count). The number of hydrogen-bond acceptors (Lipinski definition) is 3. The molecule has 28 heavy (non-hydrogen) atoms. The van der Waals surface area contributed by atoms with Crippen molar-refractivity contribution >= 4 is 5.78 Å². The molecule has 0 saturated carbocycles. The van der Waals surface area contributed by atoms with E-state index in [4.69, 9.17) is 0 Å². The average Bonchev–Trinajstić information content (AvgIpc) is 2.73. The number of Topliss-reactive ketones (excluding diaryl/α,β-unsaturated/α-hetero) is 1. The van der Waals surface area contributed by atoms with Gasteiger partial charge in [-0.05, 0) is 71.1 Å². The first-order valence-corrected chi connectivity index (χ1v) is 11.0. The van der Waals surface area contributed by atoms with Gasteiger partial charge in [0.2, 0.25) is 0 Å². The standard InChI is InChI=1S/C18H27FN2O.3C2H6/c1-13-5-6-15(11-18(13)19)17(14(2)22)12-21-9-7-16(8-10-21)20(3)4;3*1-2/h5-6,11,16-17H,7-10,12H2,1-4H3;3*1-2H3. The van der Waals surface area contributed by atoms with Crippen molar-refractivity contribution in [2.45, 2.75) is 80.2 Å². The van der Waals surface area contributed by atoms with E-state index in [-0.39, 0.29) is 17.5 Å². The van der Waals surface area contributed by atoms with Crippen LogP contribution in [0, 0.1) is 12.7 Å². The maximum absolute atomic E-state index is 13.8. The summed E-state index contributed by atoms with van der Waals surface area (Å²) < 4.78 is 13.8. The van der Waals surface area contributed by atoms with Gasteiger partial charge in [0.25, 0.3) is 0 Å². The van der Waals surface area contributed by atoms with E-state index in [9.17, 15) is 9.18 Å². The molecule has 0 radical (unpaired) electrons. The van der Waals surface area contributed by atoms with Crippen molar-refractivity contribution in [3.05, 3.63) is 35.1 Å². The van der Waals surface area contributed by atoms with Crippen LogP contribution in [-0.2, 0) is 4.79 Å². The van der Waals surface area contributed by atoms with Crippen molar-refractivity contribution in [1.82, 2.24) is 9.80 Å². The van der Waals surface area contributed by atoms with Crippen molar-refractivity contribution in [2.75, 3.05) is 33.7 Å². The minimum atomic E-state index is -0.231. The van der Waals surface area contributed by atoms with Gasteiger partial charge in [0, 0.05) is 12.6 Å². The Morgan fingerprint density at radius 3 is 2.00 bits per heavy atom. The van der Waals surface area contributed by atoms with Crippen LogP contribution in [0.15, 0.2) is 18.2 Å². The third kappa shape index (κ3) is 9.79. The van der Waals surface area contributed by atoms with Crippen LogP contribution in [-0.4, -0.2) is 55.4 Å². The zero-order valence-corrected chi connectivity index (χ0v) is 20.1. The Morgan fingerprint density at radius 1 is 1.11 bits per heavy atom. The number of halogens is 1. The topological polar surface area (TPSA) is 23.6 Å². The van der Waals surface area contributed by atoms with Gasteiger partial charge < -0.3 is 9.80 Å². The van der Waals surface area contributed by atoms with Crippen molar-refractivity contribution in [3.8, 4) is 0 Å². The highest BCUT2D eigenvalue weighted by molar-refractivity contribution is 5.83. The van der Waals surface area contributed by atoms with E-state index >= 15 is 0 Å². The van der Waals surface area contributed by atoms with Crippen LogP contribution in [0.4, 0.5) is 4.39 Å². The Kier molecular flexibility index (Phi) is 17.2. The van der Waals surface area contributed by atoms with E-state index in [1.54, 1.807) is 19.9 Å². The second-order valence-corrected chi connectivity index (χ2v) is 6.67. The molecule has 164 valence electrons. The third-order valence-electron chi connectivity index (χ3n) is 4.82. The van der Waals surface area contributed by atoms with Gasteiger partial charge >= 0.3 is 0 Å². The maximum Gasteiger partial charge on any atom is 0.138 e. The number of benzene rings is 1. The Morgan fingerprint density at radius 2 is 1.61 bits per heavy atom. The molecule has 1 saturated heterocycles. The quantitative estimate of drug-likeness (QED) is 0.618. The van der Waals surface area contributed by atoms with Gasteiger partial charge in [0.05, 0.1) is 5.92 Å². The largest absolute Gasteiger partial charge is 0.306 e. The molecule has 3 nitrogen and oxygen atoms in total. The fourth-order valence-electron chi connectivity index (χ4n) is 3.17. The predicted molar refractivity (Wildman–Crippen MR) is 122 cm³/mol. The fraction of sp³-hybridized carbons (Fsp3) is 0.708. The van der Waals surface area contributed by atoms with Gasteiger partial charge in [-0.25, -0.2) is 4.39 Å². The van der Waals surface area contributed by atoms with Gasteiger partial charge in [-0.15, -0.1) is 0 Å². The smallest absolute Gasteiger partial charge is 0.138 e. The van der Waals surface area contributed by atoms with Crippen LogP contribution in [0.25, 0.3) is 0 Å². The van der Waals surface area contributed by atoms with Crippen LogP contribution in [0.5, 0.6) is 0 Å². The van der Waals surface area contributed by atoms with Crippen LogP contribution in [0.1, 0.15) is 78.4 Å². The second-order valence-electron chi connectivity index (χ2n) is 6.67. The molecular formula is C24H45FN2O. The minimum Gasteiger partial charge on any atom is -0.306 e. The molecule has 1 aromatic carbocycles. The molecular weight excluding hydrogens is 351 g/mol. The molecule has 0 spiro atoms. The highest BCUT2D eigenvalue weighted by Gasteiger charge is 2.25. The first kappa shape index (κ1) is 28.9. The van der Waals surface area contributed by atoms with Crippen LogP contribution < -0.4 is 0 Å². The number of carbonyl (C=O) groups excluding carboxylic acids is 1.